The Morgan fingerprint density at radius 2 is 1.79 bits per heavy atom. The van der Waals surface area contributed by atoms with E-state index in [0.717, 1.165) is 5.92 Å². The third-order valence-electron chi connectivity index (χ3n) is 2.83. The van der Waals surface area contributed by atoms with E-state index in [9.17, 15) is 0 Å². The molecule has 0 bridgehead atoms. The van der Waals surface area contributed by atoms with E-state index in [0.29, 0.717) is 0 Å². The van der Waals surface area contributed by atoms with Gasteiger partial charge in [-0.3, -0.25) is 0 Å². The molecule has 1 N–H and O–H groups in total. The van der Waals surface area contributed by atoms with Crippen LogP contribution in [0.15, 0.2) is 42.6 Å². The molecule has 1 aromatic heterocycles. The maximum atomic E-state index is 3.37. The molecule has 1 nitrogen and oxygen atoms in total. The normalized spacial score (nSPS) is 15.7. The van der Waals surface area contributed by atoms with Crippen LogP contribution >= 0.6 is 0 Å². The summed E-state index contributed by atoms with van der Waals surface area (Å²) in [6.07, 6.45) is 4.83. The van der Waals surface area contributed by atoms with Crippen molar-refractivity contribution in [3.63, 3.8) is 0 Å². The topological polar surface area (TPSA) is 15.8 Å². The second-order valence-corrected chi connectivity index (χ2v) is 3.98. The van der Waals surface area contributed by atoms with Crippen molar-refractivity contribution in [3.8, 4) is 11.1 Å². The molecule has 1 fully saturated rings. The van der Waals surface area contributed by atoms with Crippen molar-refractivity contribution >= 4 is 0 Å². The molecule has 1 heterocycles. The van der Waals surface area contributed by atoms with Crippen LogP contribution in [0.3, 0.4) is 0 Å². The summed E-state index contributed by atoms with van der Waals surface area (Å²) in [4.78, 5) is 3.37. The van der Waals surface area contributed by atoms with Crippen molar-refractivity contribution in [2.75, 3.05) is 0 Å². The van der Waals surface area contributed by atoms with Gasteiger partial charge in [0.1, 0.15) is 0 Å². The maximum absolute atomic E-state index is 3.37. The van der Waals surface area contributed by atoms with Crippen molar-refractivity contribution in [1.82, 2.24) is 4.98 Å². The van der Waals surface area contributed by atoms with E-state index in [1.807, 2.05) is 0 Å². The molecule has 0 spiro atoms. The van der Waals surface area contributed by atoms with Gasteiger partial charge in [-0.25, -0.2) is 0 Å². The average molecular weight is 183 g/mol. The van der Waals surface area contributed by atoms with Crippen molar-refractivity contribution < 1.29 is 0 Å². The number of aromatic nitrogens is 1. The molecule has 1 aliphatic rings. The van der Waals surface area contributed by atoms with E-state index in [1.165, 1.54) is 29.7 Å². The Morgan fingerprint density at radius 1 is 1.00 bits per heavy atom. The van der Waals surface area contributed by atoms with Crippen LogP contribution in [0.2, 0.25) is 0 Å². The molecule has 0 radical (unpaired) electrons. The minimum absolute atomic E-state index is 0.812. The molecule has 1 saturated carbocycles. The highest BCUT2D eigenvalue weighted by molar-refractivity contribution is 5.63. The summed E-state index contributed by atoms with van der Waals surface area (Å²) in [7, 11) is 0. The van der Waals surface area contributed by atoms with Gasteiger partial charge < -0.3 is 4.98 Å². The first-order valence-electron chi connectivity index (χ1n) is 5.17. The van der Waals surface area contributed by atoms with E-state index < -0.39 is 0 Å². The van der Waals surface area contributed by atoms with E-state index >= 15 is 0 Å². The number of nitrogens with one attached hydrogen (secondary N) is 1. The van der Waals surface area contributed by atoms with Gasteiger partial charge in [-0.1, -0.05) is 30.3 Å². The predicted molar refractivity (Wildman–Crippen MR) is 58.2 cm³/mol. The summed E-state index contributed by atoms with van der Waals surface area (Å²) in [5, 5.41) is 0. The predicted octanol–water partition coefficient (Wildman–Crippen LogP) is 3.56. The van der Waals surface area contributed by atoms with Gasteiger partial charge in [0.05, 0.1) is 0 Å². The third kappa shape index (κ3) is 1.35. The first kappa shape index (κ1) is 7.86. The second-order valence-electron chi connectivity index (χ2n) is 3.98. The van der Waals surface area contributed by atoms with Crippen LogP contribution < -0.4 is 0 Å². The Hall–Kier alpha value is -1.50. The third-order valence-corrected chi connectivity index (χ3v) is 2.83. The van der Waals surface area contributed by atoms with Gasteiger partial charge in [0.25, 0.3) is 0 Å². The van der Waals surface area contributed by atoms with Gasteiger partial charge in [0.2, 0.25) is 0 Å². The number of H-pyrrole nitrogens is 1. The fourth-order valence-corrected chi connectivity index (χ4v) is 1.84. The van der Waals surface area contributed by atoms with Gasteiger partial charge in [0.15, 0.2) is 0 Å². The highest BCUT2D eigenvalue weighted by Crippen LogP contribution is 2.40. The lowest BCUT2D eigenvalue weighted by molar-refractivity contribution is 1.05. The van der Waals surface area contributed by atoms with Crippen LogP contribution in [0.25, 0.3) is 11.1 Å². The lowest BCUT2D eigenvalue weighted by atomic mass is 10.1. The zero-order chi connectivity index (χ0) is 9.38. The maximum Gasteiger partial charge on any atom is 0.0185 e. The number of aromatic amines is 1. The molecular formula is C13H13N. The Labute approximate surface area is 83.8 Å². The van der Waals surface area contributed by atoms with E-state index in [4.69, 9.17) is 0 Å². The fraction of sp³-hybridized carbons (Fsp3) is 0.231. The molecule has 0 amide bonds. The molecule has 3 rings (SSSR count). The second kappa shape index (κ2) is 3.02. The minimum atomic E-state index is 0.812. The van der Waals surface area contributed by atoms with Crippen LogP contribution in [-0.4, -0.2) is 4.98 Å². The van der Waals surface area contributed by atoms with Crippen molar-refractivity contribution in [2.45, 2.75) is 18.8 Å². The lowest BCUT2D eigenvalue weighted by Crippen LogP contribution is -1.74. The van der Waals surface area contributed by atoms with Crippen LogP contribution in [0, 0.1) is 0 Å². The summed E-state index contributed by atoms with van der Waals surface area (Å²) >= 11 is 0. The molecular weight excluding hydrogens is 170 g/mol. The molecule has 1 aromatic carbocycles. The number of rotatable bonds is 2. The molecule has 1 aliphatic carbocycles. The SMILES string of the molecule is c1ccc(-c2c[nH]c(C3CC3)c2)cc1. The van der Waals surface area contributed by atoms with Crippen LogP contribution in [-0.2, 0) is 0 Å². The van der Waals surface area contributed by atoms with Gasteiger partial charge >= 0.3 is 0 Å². The van der Waals surface area contributed by atoms with Gasteiger partial charge in [-0.15, -0.1) is 0 Å². The first-order chi connectivity index (χ1) is 6.93. The molecule has 70 valence electrons. The largest absolute Gasteiger partial charge is 0.364 e. The molecule has 0 saturated heterocycles. The smallest absolute Gasteiger partial charge is 0.0185 e. The van der Waals surface area contributed by atoms with Crippen molar-refractivity contribution in [1.29, 1.82) is 0 Å². The van der Waals surface area contributed by atoms with Crippen LogP contribution in [0.1, 0.15) is 24.5 Å². The minimum Gasteiger partial charge on any atom is -0.364 e. The Balaban J connectivity index is 1.96. The zero-order valence-electron chi connectivity index (χ0n) is 8.03. The van der Waals surface area contributed by atoms with Crippen molar-refractivity contribution in [2.24, 2.45) is 0 Å². The fourth-order valence-electron chi connectivity index (χ4n) is 1.84. The number of hydrogen-bond donors (Lipinski definition) is 1. The summed E-state index contributed by atoms with van der Waals surface area (Å²) in [5.41, 5.74) is 4.02. The molecule has 0 unspecified atom stereocenters. The monoisotopic (exact) mass is 183 g/mol. The molecule has 0 atom stereocenters. The molecule has 14 heavy (non-hydrogen) atoms. The van der Waals surface area contributed by atoms with Crippen molar-refractivity contribution in [3.05, 3.63) is 48.3 Å². The highest BCUT2D eigenvalue weighted by atomic mass is 14.7. The van der Waals surface area contributed by atoms with E-state index in [1.54, 1.807) is 0 Å². The standard InChI is InChI=1S/C13H13N/c1-2-4-10(5-3-1)12-8-13(14-9-12)11-6-7-11/h1-5,8-9,11,14H,6-7H2. The highest BCUT2D eigenvalue weighted by Gasteiger charge is 2.24. The Kier molecular flexibility index (Phi) is 1.69. The van der Waals surface area contributed by atoms with Gasteiger partial charge in [0, 0.05) is 11.9 Å². The van der Waals surface area contributed by atoms with Crippen LogP contribution in [0.5, 0.6) is 0 Å². The lowest BCUT2D eigenvalue weighted by Gasteiger charge is -1.94. The zero-order valence-corrected chi connectivity index (χ0v) is 8.03. The van der Waals surface area contributed by atoms with E-state index in [-0.39, 0.29) is 0 Å². The van der Waals surface area contributed by atoms with E-state index in [2.05, 4.69) is 47.6 Å². The molecule has 2 aromatic rings. The van der Waals surface area contributed by atoms with Gasteiger partial charge in [-0.2, -0.15) is 0 Å². The summed E-state index contributed by atoms with van der Waals surface area (Å²) in [6, 6.07) is 12.8. The Bertz CT molecular complexity index is 424. The first-order valence-corrected chi connectivity index (χ1v) is 5.17. The molecule has 1 heteroatoms. The summed E-state index contributed by atoms with van der Waals surface area (Å²) < 4.78 is 0. The van der Waals surface area contributed by atoms with Gasteiger partial charge in [-0.05, 0) is 36.0 Å². The quantitative estimate of drug-likeness (QED) is 0.732. The number of hydrogen-bond acceptors (Lipinski definition) is 0. The van der Waals surface area contributed by atoms with Crippen LogP contribution in [0.4, 0.5) is 0 Å². The Morgan fingerprint density at radius 3 is 2.50 bits per heavy atom. The summed E-state index contributed by atoms with van der Waals surface area (Å²) in [6.45, 7) is 0. The number of benzene rings is 1. The summed E-state index contributed by atoms with van der Waals surface area (Å²) in [5.74, 6) is 0.812. The molecule has 0 aliphatic heterocycles. The average Bonchev–Trinajstić information content (AvgIpc) is 2.98.